The second-order valence-electron chi connectivity index (χ2n) is 5.75. The molecule has 5 heteroatoms. The maximum Gasteiger partial charge on any atom is 0.251 e. The number of nitrogens with two attached hydrogens (primary N) is 1. The molecule has 0 saturated heterocycles. The van der Waals surface area contributed by atoms with Crippen LogP contribution in [0.25, 0.3) is 0 Å². The van der Waals surface area contributed by atoms with Crippen molar-refractivity contribution in [2.75, 3.05) is 31.2 Å². The molecule has 0 aromatic heterocycles. The zero-order chi connectivity index (χ0) is 15.2. The van der Waals surface area contributed by atoms with Gasteiger partial charge in [0.2, 0.25) is 0 Å². The van der Waals surface area contributed by atoms with Gasteiger partial charge in [0.1, 0.15) is 0 Å². The number of amides is 1. The number of benzene rings is 1. The third-order valence-corrected chi connectivity index (χ3v) is 4.40. The molecule has 21 heavy (non-hydrogen) atoms. The number of rotatable bonds is 5. The molecule has 5 nitrogen and oxygen atoms in total. The minimum absolute atomic E-state index is 0.121. The van der Waals surface area contributed by atoms with Crippen LogP contribution in [-0.2, 0) is 0 Å². The van der Waals surface area contributed by atoms with Crippen molar-refractivity contribution >= 4 is 17.3 Å². The van der Waals surface area contributed by atoms with Gasteiger partial charge >= 0.3 is 0 Å². The van der Waals surface area contributed by atoms with Crippen molar-refractivity contribution in [2.24, 2.45) is 11.8 Å². The molecule has 2 atom stereocenters. The average molecular weight is 291 g/mol. The average Bonchev–Trinajstić information content (AvgIpc) is 2.53. The molecule has 1 aromatic carbocycles. The van der Waals surface area contributed by atoms with Crippen LogP contribution in [0.4, 0.5) is 11.4 Å². The summed E-state index contributed by atoms with van der Waals surface area (Å²) >= 11 is 0. The lowest BCUT2D eigenvalue weighted by molar-refractivity contribution is 0.0963. The van der Waals surface area contributed by atoms with Gasteiger partial charge < -0.3 is 21.5 Å². The van der Waals surface area contributed by atoms with Crippen LogP contribution in [0.2, 0.25) is 0 Å². The van der Waals surface area contributed by atoms with Crippen molar-refractivity contribution in [2.45, 2.75) is 25.7 Å². The quantitative estimate of drug-likeness (QED) is 0.623. The standard InChI is InChI=1S/C16H25N3O2/c1-18-16(21)11-6-7-14(17)15(8-11)19-9-12-4-2-3-5-13(12)10-20/h6-8,12-13,19-20H,2-5,9-10,17H2,1H3,(H,18,21). The predicted molar refractivity (Wildman–Crippen MR) is 85.3 cm³/mol. The smallest absolute Gasteiger partial charge is 0.251 e. The largest absolute Gasteiger partial charge is 0.397 e. The Labute approximate surface area is 125 Å². The summed E-state index contributed by atoms with van der Waals surface area (Å²) in [6, 6.07) is 5.25. The number of nitrogens with one attached hydrogen (secondary N) is 2. The minimum Gasteiger partial charge on any atom is -0.397 e. The molecule has 1 amide bonds. The second kappa shape index (κ2) is 7.31. The van der Waals surface area contributed by atoms with E-state index in [9.17, 15) is 9.90 Å². The minimum atomic E-state index is -0.121. The van der Waals surface area contributed by atoms with Gasteiger partial charge in [-0.25, -0.2) is 0 Å². The summed E-state index contributed by atoms with van der Waals surface area (Å²) in [5.74, 6) is 0.713. The van der Waals surface area contributed by atoms with Crippen LogP contribution < -0.4 is 16.4 Å². The lowest BCUT2D eigenvalue weighted by atomic mass is 9.79. The van der Waals surface area contributed by atoms with E-state index < -0.39 is 0 Å². The van der Waals surface area contributed by atoms with Crippen molar-refractivity contribution < 1.29 is 9.90 Å². The Morgan fingerprint density at radius 2 is 2.05 bits per heavy atom. The molecule has 0 radical (unpaired) electrons. The summed E-state index contributed by atoms with van der Waals surface area (Å²) in [7, 11) is 1.61. The first-order valence-corrected chi connectivity index (χ1v) is 7.62. The molecule has 1 aromatic rings. The lowest BCUT2D eigenvalue weighted by Crippen LogP contribution is -2.29. The molecule has 5 N–H and O–H groups in total. The van der Waals surface area contributed by atoms with Gasteiger partial charge in [-0.3, -0.25) is 4.79 Å². The molecular formula is C16H25N3O2. The molecule has 2 rings (SSSR count). The summed E-state index contributed by atoms with van der Waals surface area (Å²) in [5.41, 5.74) is 7.99. The predicted octanol–water partition coefficient (Wildman–Crippen LogP) is 1.84. The molecule has 1 aliphatic carbocycles. The number of carbonyl (C=O) groups excluding carboxylic acids is 1. The topological polar surface area (TPSA) is 87.4 Å². The fraction of sp³-hybridized carbons (Fsp3) is 0.562. The first-order valence-electron chi connectivity index (χ1n) is 7.62. The molecule has 0 spiro atoms. The molecule has 1 saturated carbocycles. The van der Waals surface area contributed by atoms with Crippen LogP contribution in [0.15, 0.2) is 18.2 Å². The Kier molecular flexibility index (Phi) is 5.44. The highest BCUT2D eigenvalue weighted by atomic mass is 16.3. The van der Waals surface area contributed by atoms with E-state index in [1.807, 2.05) is 0 Å². The van der Waals surface area contributed by atoms with Crippen LogP contribution in [-0.4, -0.2) is 31.2 Å². The van der Waals surface area contributed by atoms with E-state index in [1.165, 1.54) is 12.8 Å². The maximum absolute atomic E-state index is 11.7. The fourth-order valence-electron chi connectivity index (χ4n) is 3.03. The van der Waals surface area contributed by atoms with E-state index in [1.54, 1.807) is 25.2 Å². The molecule has 0 heterocycles. The first kappa shape index (κ1) is 15.6. The number of aliphatic hydroxyl groups excluding tert-OH is 1. The fourth-order valence-corrected chi connectivity index (χ4v) is 3.03. The van der Waals surface area contributed by atoms with Crippen LogP contribution in [0, 0.1) is 11.8 Å². The van der Waals surface area contributed by atoms with E-state index in [0.29, 0.717) is 23.1 Å². The second-order valence-corrected chi connectivity index (χ2v) is 5.75. The van der Waals surface area contributed by atoms with Gasteiger partial charge in [-0.2, -0.15) is 0 Å². The molecule has 116 valence electrons. The first-order chi connectivity index (χ1) is 10.2. The number of hydrogen-bond acceptors (Lipinski definition) is 4. The summed E-state index contributed by atoms with van der Waals surface area (Å²) < 4.78 is 0. The summed E-state index contributed by atoms with van der Waals surface area (Å²) in [5, 5.41) is 15.4. The van der Waals surface area contributed by atoms with Crippen molar-refractivity contribution in [1.82, 2.24) is 5.32 Å². The SMILES string of the molecule is CNC(=O)c1ccc(N)c(NCC2CCCCC2CO)c1. The molecule has 1 fully saturated rings. The maximum atomic E-state index is 11.7. The summed E-state index contributed by atoms with van der Waals surface area (Å²) in [6.45, 7) is 1.03. The van der Waals surface area contributed by atoms with Crippen LogP contribution in [0.5, 0.6) is 0 Å². The van der Waals surface area contributed by atoms with Crippen molar-refractivity contribution in [3.8, 4) is 0 Å². The van der Waals surface area contributed by atoms with Gasteiger partial charge in [0, 0.05) is 25.8 Å². The summed E-state index contributed by atoms with van der Waals surface area (Å²) in [4.78, 5) is 11.7. The van der Waals surface area contributed by atoms with Crippen LogP contribution >= 0.6 is 0 Å². The highest BCUT2D eigenvalue weighted by Gasteiger charge is 2.24. The molecule has 1 aliphatic rings. The van der Waals surface area contributed by atoms with Crippen molar-refractivity contribution in [1.29, 1.82) is 0 Å². The van der Waals surface area contributed by atoms with Crippen LogP contribution in [0.1, 0.15) is 36.0 Å². The Bertz CT molecular complexity index is 490. The molecule has 0 bridgehead atoms. The zero-order valence-corrected chi connectivity index (χ0v) is 12.6. The number of anilines is 2. The monoisotopic (exact) mass is 291 g/mol. The highest BCUT2D eigenvalue weighted by molar-refractivity contribution is 5.96. The summed E-state index contributed by atoms with van der Waals surface area (Å²) in [6.07, 6.45) is 4.65. The van der Waals surface area contributed by atoms with Gasteiger partial charge in [-0.15, -0.1) is 0 Å². The Morgan fingerprint density at radius 3 is 2.71 bits per heavy atom. The number of hydrogen-bond donors (Lipinski definition) is 4. The zero-order valence-electron chi connectivity index (χ0n) is 12.6. The van der Waals surface area contributed by atoms with E-state index >= 15 is 0 Å². The van der Waals surface area contributed by atoms with Crippen molar-refractivity contribution in [3.05, 3.63) is 23.8 Å². The van der Waals surface area contributed by atoms with Gasteiger partial charge in [-0.05, 0) is 42.9 Å². The normalized spacial score (nSPS) is 21.8. The Balaban J connectivity index is 2.03. The number of nitrogen functional groups attached to an aromatic ring is 1. The number of aliphatic hydroxyl groups is 1. The van der Waals surface area contributed by atoms with Gasteiger partial charge in [0.15, 0.2) is 0 Å². The molecule has 2 unspecified atom stereocenters. The third-order valence-electron chi connectivity index (χ3n) is 4.40. The van der Waals surface area contributed by atoms with E-state index in [-0.39, 0.29) is 12.5 Å². The molecule has 0 aliphatic heterocycles. The Hall–Kier alpha value is -1.75. The Morgan fingerprint density at radius 1 is 1.33 bits per heavy atom. The van der Waals surface area contributed by atoms with Gasteiger partial charge in [0.25, 0.3) is 5.91 Å². The van der Waals surface area contributed by atoms with Gasteiger partial charge in [-0.1, -0.05) is 12.8 Å². The lowest BCUT2D eigenvalue weighted by Gasteiger charge is -2.30. The van der Waals surface area contributed by atoms with Crippen molar-refractivity contribution in [3.63, 3.8) is 0 Å². The van der Waals surface area contributed by atoms with E-state index in [0.717, 1.165) is 25.1 Å². The highest BCUT2D eigenvalue weighted by Crippen LogP contribution is 2.30. The van der Waals surface area contributed by atoms with E-state index in [2.05, 4.69) is 10.6 Å². The van der Waals surface area contributed by atoms with Gasteiger partial charge in [0.05, 0.1) is 11.4 Å². The third kappa shape index (κ3) is 3.88. The molecular weight excluding hydrogens is 266 g/mol. The number of carbonyl (C=O) groups is 1. The van der Waals surface area contributed by atoms with Crippen LogP contribution in [0.3, 0.4) is 0 Å². The van der Waals surface area contributed by atoms with E-state index in [4.69, 9.17) is 5.73 Å².